The molecule has 0 aliphatic carbocycles. The maximum absolute atomic E-state index is 12.9. The van der Waals surface area contributed by atoms with E-state index in [9.17, 15) is 4.79 Å². The molecule has 0 spiro atoms. The summed E-state index contributed by atoms with van der Waals surface area (Å²) in [5.74, 6) is 1.55. The van der Waals surface area contributed by atoms with Gasteiger partial charge in [0, 0.05) is 36.1 Å². The lowest BCUT2D eigenvalue weighted by molar-refractivity contribution is 0.0303. The maximum Gasteiger partial charge on any atom is 0.254 e. The first-order valence-electron chi connectivity index (χ1n) is 12.2. The van der Waals surface area contributed by atoms with Gasteiger partial charge in [0.2, 0.25) is 5.95 Å². The van der Waals surface area contributed by atoms with Crippen LogP contribution < -0.4 is 5.32 Å². The number of amides is 1. The van der Waals surface area contributed by atoms with Gasteiger partial charge in [-0.3, -0.25) is 4.79 Å². The molecule has 5 rings (SSSR count). The van der Waals surface area contributed by atoms with E-state index < -0.39 is 0 Å². The van der Waals surface area contributed by atoms with Gasteiger partial charge < -0.3 is 19.9 Å². The Morgan fingerprint density at radius 3 is 2.64 bits per heavy atom. The number of hydrogen-bond donors (Lipinski definition) is 1. The molecule has 0 atom stereocenters. The lowest BCUT2D eigenvalue weighted by Gasteiger charge is -2.28. The van der Waals surface area contributed by atoms with E-state index in [1.54, 1.807) is 11.3 Å². The molecule has 4 heterocycles. The van der Waals surface area contributed by atoms with E-state index in [2.05, 4.69) is 35.2 Å². The van der Waals surface area contributed by atoms with Crippen LogP contribution in [0.2, 0.25) is 0 Å². The third-order valence-electron chi connectivity index (χ3n) is 6.94. The summed E-state index contributed by atoms with van der Waals surface area (Å²) in [6, 6.07) is 8.15. The molecule has 7 nitrogen and oxygen atoms in total. The quantitative estimate of drug-likeness (QED) is 0.458. The van der Waals surface area contributed by atoms with Crippen molar-refractivity contribution in [1.82, 2.24) is 19.8 Å². The molecule has 0 unspecified atom stereocenters. The van der Waals surface area contributed by atoms with Crippen LogP contribution in [-0.2, 0) is 4.74 Å². The number of carbonyl (C=O) groups excluding carboxylic acids is 1. The zero-order valence-corrected chi connectivity index (χ0v) is 23.3. The number of benzene rings is 1. The molecular weight excluding hydrogens is 517 g/mol. The van der Waals surface area contributed by atoms with E-state index in [-0.39, 0.29) is 30.7 Å². The predicted molar refractivity (Wildman–Crippen MR) is 152 cm³/mol. The van der Waals surface area contributed by atoms with Crippen molar-refractivity contribution in [2.24, 2.45) is 5.92 Å². The molecule has 1 amide bonds. The van der Waals surface area contributed by atoms with Gasteiger partial charge in [0.15, 0.2) is 0 Å². The van der Waals surface area contributed by atoms with Gasteiger partial charge in [-0.15, -0.1) is 36.2 Å². The Bertz CT molecular complexity index is 1160. The van der Waals surface area contributed by atoms with Crippen LogP contribution in [0.5, 0.6) is 0 Å². The van der Waals surface area contributed by atoms with Gasteiger partial charge in [-0.2, -0.15) is 0 Å². The average molecular weight is 553 g/mol. The number of ether oxygens (including phenoxy) is 1. The van der Waals surface area contributed by atoms with Gasteiger partial charge in [-0.1, -0.05) is 6.07 Å². The van der Waals surface area contributed by atoms with Crippen molar-refractivity contribution in [3.05, 3.63) is 41.6 Å². The standard InChI is InChI=1S/C26H33N5O2S.2ClH/c1-18-17-28-26(27-8-5-19-6-9-30(2)10-7-19)29-24(18)23-15-20-3-4-21(16-22(20)34-23)25(32)31-11-13-33-14-12-31;;/h3-4,15-17,19H,5-14H2,1-2H3,(H,27,28,29);2*1H. The van der Waals surface area contributed by atoms with Crippen LogP contribution in [-0.4, -0.2) is 78.7 Å². The van der Waals surface area contributed by atoms with Crippen molar-refractivity contribution in [3.63, 3.8) is 0 Å². The fourth-order valence-electron chi connectivity index (χ4n) is 4.75. The largest absolute Gasteiger partial charge is 0.378 e. The Balaban J connectivity index is 0.00000180. The Hall–Kier alpha value is -1.97. The van der Waals surface area contributed by atoms with Gasteiger partial charge in [0.05, 0.1) is 23.8 Å². The summed E-state index contributed by atoms with van der Waals surface area (Å²) >= 11 is 1.68. The Kier molecular flexibility index (Phi) is 10.3. The molecule has 36 heavy (non-hydrogen) atoms. The van der Waals surface area contributed by atoms with Crippen molar-refractivity contribution in [2.75, 3.05) is 58.3 Å². The molecule has 196 valence electrons. The van der Waals surface area contributed by atoms with Gasteiger partial charge in [0.25, 0.3) is 5.91 Å². The summed E-state index contributed by atoms with van der Waals surface area (Å²) in [7, 11) is 2.20. The van der Waals surface area contributed by atoms with Crippen LogP contribution in [0.25, 0.3) is 20.7 Å². The summed E-state index contributed by atoms with van der Waals surface area (Å²) < 4.78 is 6.48. The molecule has 2 aliphatic rings. The van der Waals surface area contributed by atoms with Crippen molar-refractivity contribution < 1.29 is 9.53 Å². The van der Waals surface area contributed by atoms with Gasteiger partial charge in [-0.25, -0.2) is 9.97 Å². The van der Waals surface area contributed by atoms with E-state index >= 15 is 0 Å². The van der Waals surface area contributed by atoms with Crippen molar-refractivity contribution in [1.29, 1.82) is 0 Å². The highest BCUT2D eigenvalue weighted by Crippen LogP contribution is 2.35. The molecule has 1 aromatic carbocycles. The van der Waals surface area contributed by atoms with Gasteiger partial charge in [0.1, 0.15) is 0 Å². The maximum atomic E-state index is 12.9. The SMILES string of the molecule is Cc1cnc(NCCC2CCN(C)CC2)nc1-c1cc2ccc(C(=O)N3CCOCC3)cc2s1.Cl.Cl. The number of nitrogens with one attached hydrogen (secondary N) is 1. The van der Waals surface area contributed by atoms with E-state index in [1.807, 2.05) is 29.3 Å². The lowest BCUT2D eigenvalue weighted by Crippen LogP contribution is -2.40. The smallest absolute Gasteiger partial charge is 0.254 e. The van der Waals surface area contributed by atoms with E-state index in [1.165, 1.54) is 25.9 Å². The number of nitrogens with zero attached hydrogens (tertiary/aromatic N) is 4. The third-order valence-corrected chi connectivity index (χ3v) is 8.05. The summed E-state index contributed by atoms with van der Waals surface area (Å²) in [4.78, 5) is 27.6. The number of hydrogen-bond acceptors (Lipinski definition) is 7. The highest BCUT2D eigenvalue weighted by atomic mass is 35.5. The van der Waals surface area contributed by atoms with Crippen LogP contribution in [0.15, 0.2) is 30.5 Å². The van der Waals surface area contributed by atoms with Crippen molar-refractivity contribution in [2.45, 2.75) is 26.2 Å². The number of piperidine rings is 1. The number of anilines is 1. The monoisotopic (exact) mass is 551 g/mol. The number of halogens is 2. The number of rotatable bonds is 6. The first-order valence-corrected chi connectivity index (χ1v) is 13.1. The van der Waals surface area contributed by atoms with Crippen LogP contribution >= 0.6 is 36.2 Å². The number of carbonyl (C=O) groups is 1. The molecule has 2 aliphatic heterocycles. The molecular formula is C26H35Cl2N5O2S. The average Bonchev–Trinajstić information content (AvgIpc) is 3.29. The number of thiophene rings is 1. The number of morpholine rings is 1. The van der Waals surface area contributed by atoms with E-state index in [0.717, 1.165) is 50.7 Å². The van der Waals surface area contributed by atoms with Gasteiger partial charge >= 0.3 is 0 Å². The van der Waals surface area contributed by atoms with Crippen molar-refractivity contribution in [3.8, 4) is 10.6 Å². The van der Waals surface area contributed by atoms with Crippen LogP contribution in [0, 0.1) is 12.8 Å². The first-order chi connectivity index (χ1) is 16.6. The minimum Gasteiger partial charge on any atom is -0.378 e. The Morgan fingerprint density at radius 1 is 1.14 bits per heavy atom. The van der Waals surface area contributed by atoms with Crippen molar-refractivity contribution >= 4 is 58.1 Å². The zero-order chi connectivity index (χ0) is 23.5. The van der Waals surface area contributed by atoms with E-state index in [4.69, 9.17) is 9.72 Å². The summed E-state index contributed by atoms with van der Waals surface area (Å²) in [6.45, 7) is 7.87. The minimum atomic E-state index is 0. The number of likely N-dealkylation sites (tertiary alicyclic amines) is 1. The first kappa shape index (κ1) is 28.6. The summed E-state index contributed by atoms with van der Waals surface area (Å²) in [5, 5.41) is 4.58. The topological polar surface area (TPSA) is 70.6 Å². The molecule has 0 saturated carbocycles. The fraction of sp³-hybridized carbons (Fsp3) is 0.500. The highest BCUT2D eigenvalue weighted by Gasteiger charge is 2.20. The second-order valence-electron chi connectivity index (χ2n) is 9.46. The van der Waals surface area contributed by atoms with Crippen LogP contribution in [0.1, 0.15) is 35.2 Å². The molecule has 2 aromatic heterocycles. The highest BCUT2D eigenvalue weighted by molar-refractivity contribution is 7.22. The van der Waals surface area contributed by atoms with E-state index in [0.29, 0.717) is 32.3 Å². The number of fused-ring (bicyclic) bond motifs is 1. The Labute approximate surface area is 229 Å². The fourth-order valence-corrected chi connectivity index (χ4v) is 5.90. The lowest BCUT2D eigenvalue weighted by atomic mass is 9.94. The molecule has 0 radical (unpaired) electrons. The summed E-state index contributed by atoms with van der Waals surface area (Å²) in [5.41, 5.74) is 2.74. The predicted octanol–water partition coefficient (Wildman–Crippen LogP) is 5.13. The molecule has 1 N–H and O–H groups in total. The second-order valence-corrected chi connectivity index (χ2v) is 10.5. The molecule has 0 bridgehead atoms. The molecule has 2 saturated heterocycles. The number of aromatic nitrogens is 2. The zero-order valence-electron chi connectivity index (χ0n) is 20.9. The Morgan fingerprint density at radius 2 is 1.89 bits per heavy atom. The normalized spacial score (nSPS) is 16.9. The molecule has 10 heteroatoms. The number of aryl methyl sites for hydroxylation is 1. The third kappa shape index (κ3) is 6.66. The minimum absolute atomic E-state index is 0. The molecule has 2 fully saturated rings. The van der Waals surface area contributed by atoms with Crippen LogP contribution in [0.4, 0.5) is 5.95 Å². The van der Waals surface area contributed by atoms with Gasteiger partial charge in [-0.05, 0) is 81.4 Å². The summed E-state index contributed by atoms with van der Waals surface area (Å²) in [6.07, 6.45) is 5.60. The molecule has 3 aromatic rings. The van der Waals surface area contributed by atoms with Crippen LogP contribution in [0.3, 0.4) is 0 Å². The second kappa shape index (κ2) is 13.0.